The number of nitrogens with one attached hydrogen (secondary N) is 1. The third-order valence-electron chi connectivity index (χ3n) is 6.35. The molecule has 0 unspecified atom stereocenters. The van der Waals surface area contributed by atoms with Crippen molar-refractivity contribution in [3.05, 3.63) is 51.9 Å². The molecule has 0 fully saturated rings. The van der Waals surface area contributed by atoms with Crippen LogP contribution in [-0.2, 0) is 26.3 Å². The maximum absolute atomic E-state index is 14.0. The third kappa shape index (κ3) is 4.78. The number of fused-ring (bicyclic) bond motifs is 2. The molecule has 1 aliphatic heterocycles. The number of aliphatic hydroxyl groups excluding tert-OH is 1. The number of hydrogen-bond donors (Lipinski definition) is 4. The van der Waals surface area contributed by atoms with Gasteiger partial charge in [-0.05, 0) is 30.7 Å². The molecule has 2 aromatic rings. The number of ketones is 1. The Morgan fingerprint density at radius 2 is 1.94 bits per heavy atom. The molecule has 1 aromatic heterocycles. The Labute approximate surface area is 211 Å². The Morgan fingerprint density at radius 3 is 2.63 bits per heavy atom. The molecule has 2 aliphatic rings. The number of ether oxygens (including phenoxy) is 2. The van der Waals surface area contributed by atoms with Crippen LogP contribution in [0.2, 0.25) is 0 Å². The lowest BCUT2D eigenvalue weighted by atomic mass is 9.65. The van der Waals surface area contributed by atoms with Gasteiger partial charge in [0.2, 0.25) is 0 Å². The zero-order valence-electron chi connectivity index (χ0n) is 20.5. The van der Waals surface area contributed by atoms with Crippen LogP contribution in [-0.4, -0.2) is 39.7 Å². The zero-order chi connectivity index (χ0) is 25.6. The molecule has 8 nitrogen and oxygen atoms in total. The van der Waals surface area contributed by atoms with E-state index in [1.807, 2.05) is 19.1 Å². The Morgan fingerprint density at radius 1 is 1.23 bits per heavy atom. The van der Waals surface area contributed by atoms with E-state index in [0.29, 0.717) is 22.5 Å². The second-order valence-electron chi connectivity index (χ2n) is 10.2. The summed E-state index contributed by atoms with van der Waals surface area (Å²) in [5.41, 5.74) is 0.943. The van der Waals surface area contributed by atoms with Crippen molar-refractivity contribution in [3.63, 3.8) is 0 Å². The lowest BCUT2D eigenvalue weighted by Crippen LogP contribution is -2.42. The van der Waals surface area contributed by atoms with E-state index in [9.17, 15) is 19.0 Å². The fourth-order valence-corrected chi connectivity index (χ4v) is 7.07. The number of carbonyl (C=O) groups is 1. The number of thiophene rings is 1. The van der Waals surface area contributed by atoms with Gasteiger partial charge in [-0.3, -0.25) is 13.9 Å². The first-order chi connectivity index (χ1) is 16.4. The van der Waals surface area contributed by atoms with Crippen LogP contribution in [0.5, 0.6) is 0 Å². The third-order valence-corrected chi connectivity index (χ3v) is 8.88. The van der Waals surface area contributed by atoms with Gasteiger partial charge in [0.15, 0.2) is 11.6 Å². The molecule has 4 rings (SSSR count). The monoisotopic (exact) mass is 520 g/mol. The Balaban J connectivity index is 1.78. The maximum atomic E-state index is 14.0. The van der Waals surface area contributed by atoms with E-state index in [0.717, 1.165) is 12.0 Å². The number of hydrogen-bond acceptors (Lipinski definition) is 9. The van der Waals surface area contributed by atoms with Gasteiger partial charge in [-0.15, -0.1) is 15.7 Å². The van der Waals surface area contributed by atoms with Crippen LogP contribution >= 0.6 is 22.1 Å². The lowest BCUT2D eigenvalue weighted by molar-refractivity contribution is -0.120. The minimum Gasteiger partial charge on any atom is -0.506 e. The summed E-state index contributed by atoms with van der Waals surface area (Å²) in [6.45, 7) is 8.44. The van der Waals surface area contributed by atoms with Crippen molar-refractivity contribution in [2.45, 2.75) is 57.5 Å². The van der Waals surface area contributed by atoms with Gasteiger partial charge < -0.3 is 19.9 Å². The van der Waals surface area contributed by atoms with Crippen molar-refractivity contribution in [1.29, 1.82) is 0 Å². The Hall–Kier alpha value is -2.21. The van der Waals surface area contributed by atoms with Gasteiger partial charge in [-0.2, -0.15) is 0 Å². The van der Waals surface area contributed by atoms with Crippen molar-refractivity contribution in [2.75, 3.05) is 19.2 Å². The van der Waals surface area contributed by atoms with Crippen molar-refractivity contribution in [1.82, 2.24) is 0 Å². The van der Waals surface area contributed by atoms with Gasteiger partial charge in [0.25, 0.3) is 0 Å². The van der Waals surface area contributed by atoms with Crippen LogP contribution < -0.4 is 5.32 Å². The number of rotatable bonds is 7. The first kappa shape index (κ1) is 25.9. The minimum absolute atomic E-state index is 0.00483. The molecular weight excluding hydrogens is 488 g/mol. The fraction of sp³-hybridized carbons (Fsp3) is 0.440. The average Bonchev–Trinajstić information content (AvgIpc) is 3.20. The van der Waals surface area contributed by atoms with E-state index >= 15 is 0 Å². The van der Waals surface area contributed by atoms with Crippen molar-refractivity contribution in [3.8, 4) is 0 Å². The highest BCUT2D eigenvalue weighted by Crippen LogP contribution is 2.60. The van der Waals surface area contributed by atoms with Gasteiger partial charge in [-0.25, -0.2) is 0 Å². The molecule has 10 heteroatoms. The van der Waals surface area contributed by atoms with Crippen LogP contribution in [0.4, 0.5) is 5.00 Å². The quantitative estimate of drug-likeness (QED) is 0.248. The van der Waals surface area contributed by atoms with E-state index in [2.05, 4.69) is 30.5 Å². The minimum atomic E-state index is -3.64. The summed E-state index contributed by atoms with van der Waals surface area (Å²) in [4.78, 5) is 14.3. The normalized spacial score (nSPS) is 22.3. The molecule has 2 heterocycles. The highest BCUT2D eigenvalue weighted by atomic mass is 32.3. The van der Waals surface area contributed by atoms with Crippen LogP contribution in [0.15, 0.2) is 44.5 Å². The van der Waals surface area contributed by atoms with Crippen LogP contribution in [0.3, 0.4) is 0 Å². The molecule has 0 saturated carbocycles. The van der Waals surface area contributed by atoms with Crippen LogP contribution in [0.25, 0.3) is 5.76 Å². The molecule has 1 aliphatic carbocycles. The molecule has 35 heavy (non-hydrogen) atoms. The van der Waals surface area contributed by atoms with Gasteiger partial charge in [-0.1, -0.05) is 55.8 Å². The molecular formula is C25H32N2O6S2. The summed E-state index contributed by atoms with van der Waals surface area (Å²) >= 11 is 1.25. The van der Waals surface area contributed by atoms with E-state index in [4.69, 9.17) is 9.47 Å². The summed E-state index contributed by atoms with van der Waals surface area (Å²) in [6, 6.07) is 7.31. The Kier molecular flexibility index (Phi) is 6.91. The Bertz CT molecular complexity index is 1210. The molecule has 1 aromatic carbocycles. The number of methoxy groups -OCH3 is 1. The van der Waals surface area contributed by atoms with Crippen LogP contribution in [0.1, 0.15) is 57.2 Å². The standard InChI is InChI=1S/C25H32N2O6S2/c1-24(2,3)10-11-25(4)17-9-7-6-8-16(17)19(28)18(21(25)29)22-26-23-20(35(30,31)27-22)15(13-34-23)12-33-14-32-5/h6-9,13,28,30-31H,10-12,14H2,1-5H3,(H,26,27)/t25-/m1/s1. The number of benzene rings is 1. The second-order valence-corrected chi connectivity index (χ2v) is 12.8. The summed E-state index contributed by atoms with van der Waals surface area (Å²) < 4.78 is 36.4. The van der Waals surface area contributed by atoms with Crippen molar-refractivity contribution < 1.29 is 28.5 Å². The number of nitrogens with zero attached hydrogens (tertiary/aromatic N) is 1. The van der Waals surface area contributed by atoms with Gasteiger partial charge in [0.05, 0.1) is 12.0 Å². The largest absolute Gasteiger partial charge is 0.506 e. The number of anilines is 1. The highest BCUT2D eigenvalue weighted by Gasteiger charge is 2.47. The molecule has 4 N–H and O–H groups in total. The first-order valence-corrected chi connectivity index (χ1v) is 13.7. The summed E-state index contributed by atoms with van der Waals surface area (Å²) in [5.74, 6) is -0.560. The molecule has 0 spiro atoms. The van der Waals surface area contributed by atoms with Crippen LogP contribution in [0, 0.1) is 5.41 Å². The summed E-state index contributed by atoms with van der Waals surface area (Å²) in [5, 5.41) is 16.5. The molecule has 0 saturated heterocycles. The fourth-order valence-electron chi connectivity index (χ4n) is 4.42. The summed E-state index contributed by atoms with van der Waals surface area (Å²) in [6.07, 6.45) is 1.35. The van der Waals surface area contributed by atoms with Gasteiger partial charge in [0, 0.05) is 23.6 Å². The van der Waals surface area contributed by atoms with Crippen molar-refractivity contribution in [2.24, 2.45) is 9.81 Å². The van der Waals surface area contributed by atoms with E-state index in [-0.39, 0.29) is 46.7 Å². The van der Waals surface area contributed by atoms with E-state index in [1.165, 1.54) is 18.4 Å². The van der Waals surface area contributed by atoms with Crippen molar-refractivity contribution >= 4 is 44.5 Å². The first-order valence-electron chi connectivity index (χ1n) is 11.3. The van der Waals surface area contributed by atoms with Gasteiger partial charge in [0.1, 0.15) is 28.0 Å². The molecule has 0 amide bonds. The highest BCUT2D eigenvalue weighted by molar-refractivity contribution is 8.23. The maximum Gasteiger partial charge on any atom is 0.180 e. The topological polar surface area (TPSA) is 121 Å². The smallest absolute Gasteiger partial charge is 0.180 e. The molecule has 1 atom stereocenters. The molecule has 0 bridgehead atoms. The predicted octanol–water partition coefficient (Wildman–Crippen LogP) is 6.35. The van der Waals surface area contributed by atoms with Gasteiger partial charge >= 0.3 is 0 Å². The predicted molar refractivity (Wildman–Crippen MR) is 140 cm³/mol. The van der Waals surface area contributed by atoms with E-state index in [1.54, 1.807) is 17.5 Å². The number of carbonyl (C=O) groups excluding carboxylic acids is 1. The zero-order valence-corrected chi connectivity index (χ0v) is 22.2. The summed E-state index contributed by atoms with van der Waals surface area (Å²) in [7, 11) is -2.14. The number of Topliss-reactive ketones (excluding diaryl/α,β-unsaturated/α-hetero) is 1. The molecule has 190 valence electrons. The van der Waals surface area contributed by atoms with E-state index < -0.39 is 16.2 Å². The lowest BCUT2D eigenvalue weighted by Gasteiger charge is -2.39. The SMILES string of the molecule is COCOCc1csc2c1S(O)(O)N=C(C1=C(O)c3ccccc3[C@@](C)(CCC(C)(C)C)C1=O)N2. The second kappa shape index (κ2) is 9.34. The number of amidine groups is 1. The average molecular weight is 521 g/mol. The number of aliphatic hydroxyl groups is 1. The molecule has 0 radical (unpaired) electrons.